The minimum absolute atomic E-state index is 0.0639. The fourth-order valence-corrected chi connectivity index (χ4v) is 3.89. The van der Waals surface area contributed by atoms with Crippen molar-refractivity contribution < 1.29 is 18.4 Å². The summed E-state index contributed by atoms with van der Waals surface area (Å²) >= 11 is 0. The summed E-state index contributed by atoms with van der Waals surface area (Å²) < 4.78 is 27.9. The molecule has 0 unspecified atom stereocenters. The molecule has 144 valence electrons. The Morgan fingerprint density at radius 2 is 1.54 bits per heavy atom. The number of benzene rings is 3. The van der Waals surface area contributed by atoms with E-state index in [1.807, 2.05) is 42.5 Å². The number of hydrogen-bond acceptors (Lipinski definition) is 4. The van der Waals surface area contributed by atoms with Gasteiger partial charge in [0.2, 0.25) is 5.91 Å². The lowest BCUT2D eigenvalue weighted by molar-refractivity contribution is -0.129. The Labute approximate surface area is 163 Å². The standard InChI is InChI=1S/C21H20N2O4S/c24-21(22-25)14-9-16-5-4-8-20(15-16)28(26,27)23-19-12-10-18(11-13-19)17-6-2-1-3-7-17/h1-8,10-13,15,23,25H,9,14H2,(H,22,24). The molecule has 3 aromatic carbocycles. The molecule has 0 aliphatic carbocycles. The maximum Gasteiger partial charge on any atom is 0.261 e. The van der Waals surface area contributed by atoms with Crippen LogP contribution in [-0.4, -0.2) is 19.5 Å². The topological polar surface area (TPSA) is 95.5 Å². The lowest BCUT2D eigenvalue weighted by atomic mass is 10.1. The number of aryl methyl sites for hydroxylation is 1. The van der Waals surface area contributed by atoms with Crippen molar-refractivity contribution in [3.05, 3.63) is 84.4 Å². The molecule has 6 nitrogen and oxygen atoms in total. The molecule has 3 rings (SSSR count). The third kappa shape index (κ3) is 4.97. The fourth-order valence-electron chi connectivity index (χ4n) is 2.76. The number of nitrogens with one attached hydrogen (secondary N) is 2. The summed E-state index contributed by atoms with van der Waals surface area (Å²) in [5, 5.41) is 8.55. The summed E-state index contributed by atoms with van der Waals surface area (Å²) in [7, 11) is -3.76. The SMILES string of the molecule is O=C(CCc1cccc(S(=O)(=O)Nc2ccc(-c3ccccc3)cc2)c1)NO. The zero-order chi connectivity index (χ0) is 20.0. The first-order chi connectivity index (χ1) is 13.5. The second-order valence-electron chi connectivity index (χ2n) is 6.23. The van der Waals surface area contributed by atoms with Gasteiger partial charge in [0.05, 0.1) is 4.90 Å². The number of anilines is 1. The Balaban J connectivity index is 1.74. The fraction of sp³-hybridized carbons (Fsp3) is 0.0952. The first-order valence-electron chi connectivity index (χ1n) is 8.68. The van der Waals surface area contributed by atoms with Gasteiger partial charge in [-0.3, -0.25) is 14.7 Å². The van der Waals surface area contributed by atoms with E-state index < -0.39 is 15.9 Å². The lowest BCUT2D eigenvalue weighted by Crippen LogP contribution is -2.18. The summed E-state index contributed by atoms with van der Waals surface area (Å²) in [6.07, 6.45) is 0.385. The number of hydrogen-bond donors (Lipinski definition) is 3. The van der Waals surface area contributed by atoms with Crippen LogP contribution in [-0.2, 0) is 21.2 Å². The molecular weight excluding hydrogens is 376 g/mol. The minimum Gasteiger partial charge on any atom is -0.289 e. The van der Waals surface area contributed by atoms with E-state index in [0.29, 0.717) is 17.7 Å². The lowest BCUT2D eigenvalue weighted by Gasteiger charge is -2.10. The molecule has 3 aromatic rings. The van der Waals surface area contributed by atoms with E-state index >= 15 is 0 Å². The van der Waals surface area contributed by atoms with Gasteiger partial charge in [0, 0.05) is 12.1 Å². The molecular formula is C21H20N2O4S. The van der Waals surface area contributed by atoms with Gasteiger partial charge in [-0.2, -0.15) is 0 Å². The summed E-state index contributed by atoms with van der Waals surface area (Å²) in [4.78, 5) is 11.3. The maximum absolute atomic E-state index is 12.7. The Bertz CT molecular complexity index is 1050. The molecule has 28 heavy (non-hydrogen) atoms. The molecule has 0 aliphatic heterocycles. The summed E-state index contributed by atoms with van der Waals surface area (Å²) in [5.74, 6) is -0.523. The molecule has 0 saturated heterocycles. The number of amides is 1. The van der Waals surface area contributed by atoms with Crippen molar-refractivity contribution in [3.8, 4) is 11.1 Å². The Kier molecular flexibility index (Phi) is 6.08. The molecule has 0 saturated carbocycles. The van der Waals surface area contributed by atoms with Crippen LogP contribution >= 0.6 is 0 Å². The molecule has 0 fully saturated rings. The van der Waals surface area contributed by atoms with Crippen LogP contribution in [0.5, 0.6) is 0 Å². The third-order valence-corrected chi connectivity index (χ3v) is 5.60. The maximum atomic E-state index is 12.7. The first-order valence-corrected chi connectivity index (χ1v) is 10.2. The number of sulfonamides is 1. The molecule has 3 N–H and O–H groups in total. The molecule has 0 aromatic heterocycles. The van der Waals surface area contributed by atoms with Gasteiger partial charge in [-0.25, -0.2) is 13.9 Å². The molecule has 0 bridgehead atoms. The van der Waals surface area contributed by atoms with Crippen molar-refractivity contribution in [2.24, 2.45) is 0 Å². The van der Waals surface area contributed by atoms with Gasteiger partial charge in [0.25, 0.3) is 10.0 Å². The summed E-state index contributed by atoms with van der Waals surface area (Å²) in [6, 6.07) is 23.3. The first kappa shape index (κ1) is 19.6. The summed E-state index contributed by atoms with van der Waals surface area (Å²) in [6.45, 7) is 0. The molecule has 7 heteroatoms. The van der Waals surface area contributed by atoms with E-state index in [2.05, 4.69) is 4.72 Å². The van der Waals surface area contributed by atoms with Gasteiger partial charge < -0.3 is 0 Å². The largest absolute Gasteiger partial charge is 0.289 e. The molecule has 0 radical (unpaired) electrons. The number of carbonyl (C=O) groups excluding carboxylic acids is 1. The van der Waals surface area contributed by atoms with E-state index in [1.54, 1.807) is 29.7 Å². The van der Waals surface area contributed by atoms with Crippen molar-refractivity contribution in [2.75, 3.05) is 4.72 Å². The van der Waals surface area contributed by atoms with Crippen LogP contribution in [0.4, 0.5) is 5.69 Å². The van der Waals surface area contributed by atoms with Gasteiger partial charge in [-0.1, -0.05) is 54.6 Å². The predicted octanol–water partition coefficient (Wildman–Crippen LogP) is 3.59. The van der Waals surface area contributed by atoms with Crippen LogP contribution in [0.3, 0.4) is 0 Å². The zero-order valence-electron chi connectivity index (χ0n) is 15.0. The van der Waals surface area contributed by atoms with Gasteiger partial charge >= 0.3 is 0 Å². The average Bonchev–Trinajstić information content (AvgIpc) is 2.73. The van der Waals surface area contributed by atoms with Crippen molar-refractivity contribution in [1.82, 2.24) is 5.48 Å². The highest BCUT2D eigenvalue weighted by Crippen LogP contribution is 2.23. The number of hydroxylamine groups is 1. The van der Waals surface area contributed by atoms with Gasteiger partial charge in [-0.15, -0.1) is 0 Å². The smallest absolute Gasteiger partial charge is 0.261 e. The minimum atomic E-state index is -3.76. The van der Waals surface area contributed by atoms with Crippen molar-refractivity contribution in [3.63, 3.8) is 0 Å². The van der Waals surface area contributed by atoms with Gasteiger partial charge in [0.1, 0.15) is 0 Å². The van der Waals surface area contributed by atoms with Gasteiger partial charge in [0.15, 0.2) is 0 Å². The van der Waals surface area contributed by atoms with Gasteiger partial charge in [-0.05, 0) is 47.4 Å². The quantitative estimate of drug-likeness (QED) is 0.420. The van der Waals surface area contributed by atoms with Crippen molar-refractivity contribution >= 4 is 21.6 Å². The molecule has 0 heterocycles. The zero-order valence-corrected chi connectivity index (χ0v) is 15.8. The van der Waals surface area contributed by atoms with E-state index in [-0.39, 0.29) is 11.3 Å². The van der Waals surface area contributed by atoms with E-state index in [0.717, 1.165) is 11.1 Å². The normalized spacial score (nSPS) is 11.0. The highest BCUT2D eigenvalue weighted by atomic mass is 32.2. The van der Waals surface area contributed by atoms with Crippen LogP contribution in [0.25, 0.3) is 11.1 Å². The predicted molar refractivity (Wildman–Crippen MR) is 107 cm³/mol. The Morgan fingerprint density at radius 3 is 2.21 bits per heavy atom. The molecule has 1 amide bonds. The Hall–Kier alpha value is -3.16. The van der Waals surface area contributed by atoms with Crippen LogP contribution < -0.4 is 10.2 Å². The van der Waals surface area contributed by atoms with Crippen LogP contribution in [0.15, 0.2) is 83.8 Å². The highest BCUT2D eigenvalue weighted by molar-refractivity contribution is 7.92. The molecule has 0 spiro atoms. The highest BCUT2D eigenvalue weighted by Gasteiger charge is 2.15. The van der Waals surface area contributed by atoms with E-state index in [9.17, 15) is 13.2 Å². The second kappa shape index (κ2) is 8.69. The van der Waals surface area contributed by atoms with Crippen molar-refractivity contribution in [1.29, 1.82) is 0 Å². The molecule has 0 atom stereocenters. The summed E-state index contributed by atoms with van der Waals surface area (Å²) in [5.41, 5.74) is 4.75. The average molecular weight is 396 g/mol. The van der Waals surface area contributed by atoms with E-state index in [1.165, 1.54) is 12.1 Å². The van der Waals surface area contributed by atoms with E-state index in [4.69, 9.17) is 5.21 Å². The third-order valence-electron chi connectivity index (χ3n) is 4.22. The van der Waals surface area contributed by atoms with Crippen LogP contribution in [0, 0.1) is 0 Å². The molecule has 0 aliphatic rings. The number of carbonyl (C=O) groups is 1. The van der Waals surface area contributed by atoms with Crippen molar-refractivity contribution in [2.45, 2.75) is 17.7 Å². The second-order valence-corrected chi connectivity index (χ2v) is 7.91. The number of rotatable bonds is 7. The van der Waals surface area contributed by atoms with Crippen LogP contribution in [0.1, 0.15) is 12.0 Å². The monoisotopic (exact) mass is 396 g/mol. The van der Waals surface area contributed by atoms with Crippen LogP contribution in [0.2, 0.25) is 0 Å². The Morgan fingerprint density at radius 1 is 0.857 bits per heavy atom.